The van der Waals surface area contributed by atoms with Crippen molar-refractivity contribution in [2.45, 2.75) is 50.9 Å². The highest BCUT2D eigenvalue weighted by atomic mass is 35.5. The van der Waals surface area contributed by atoms with Gasteiger partial charge in [-0.3, -0.25) is 4.79 Å². The molecule has 0 aliphatic heterocycles. The maximum atomic E-state index is 12.2. The zero-order valence-electron chi connectivity index (χ0n) is 11.5. The molecule has 1 aliphatic rings. The third-order valence-electron chi connectivity index (χ3n) is 4.09. The van der Waals surface area contributed by atoms with E-state index in [0.717, 1.165) is 11.1 Å². The van der Waals surface area contributed by atoms with Crippen LogP contribution in [0.15, 0.2) is 24.3 Å². The smallest absolute Gasteiger partial charge is 0.251 e. The van der Waals surface area contributed by atoms with Gasteiger partial charge in [-0.05, 0) is 43.4 Å². The molecule has 3 heteroatoms. The molecule has 0 saturated heterocycles. The third-order valence-corrected chi connectivity index (χ3v) is 4.39. The van der Waals surface area contributed by atoms with E-state index in [-0.39, 0.29) is 11.9 Å². The number of nitrogens with one attached hydrogen (secondary N) is 1. The summed E-state index contributed by atoms with van der Waals surface area (Å²) < 4.78 is 0. The van der Waals surface area contributed by atoms with Crippen molar-refractivity contribution in [2.75, 3.05) is 0 Å². The van der Waals surface area contributed by atoms with Gasteiger partial charge in [-0.25, -0.2) is 0 Å². The monoisotopic (exact) mass is 279 g/mol. The first kappa shape index (κ1) is 14.4. The van der Waals surface area contributed by atoms with E-state index in [0.29, 0.717) is 11.8 Å². The largest absolute Gasteiger partial charge is 0.349 e. The molecule has 1 saturated carbocycles. The van der Waals surface area contributed by atoms with Gasteiger partial charge in [0.2, 0.25) is 0 Å². The molecule has 19 heavy (non-hydrogen) atoms. The summed E-state index contributed by atoms with van der Waals surface area (Å²) in [6, 6.07) is 7.78. The van der Waals surface area contributed by atoms with Crippen LogP contribution in [0.5, 0.6) is 0 Å². The zero-order chi connectivity index (χ0) is 13.7. The first-order valence-electron chi connectivity index (χ1n) is 7.16. The second kappa shape index (κ2) is 6.95. The summed E-state index contributed by atoms with van der Waals surface area (Å²) in [4.78, 5) is 12.2. The van der Waals surface area contributed by atoms with Crippen LogP contribution >= 0.6 is 11.6 Å². The van der Waals surface area contributed by atoms with Crippen molar-refractivity contribution in [3.63, 3.8) is 0 Å². The van der Waals surface area contributed by atoms with Gasteiger partial charge in [-0.1, -0.05) is 31.4 Å². The Bertz CT molecular complexity index is 409. The van der Waals surface area contributed by atoms with Crippen molar-refractivity contribution in [3.05, 3.63) is 35.4 Å². The molecule has 1 amide bonds. The predicted octanol–water partition coefficient (Wildman–Crippen LogP) is 4.12. The van der Waals surface area contributed by atoms with Gasteiger partial charge in [0.1, 0.15) is 0 Å². The highest BCUT2D eigenvalue weighted by Crippen LogP contribution is 2.26. The Kier molecular flexibility index (Phi) is 5.26. The van der Waals surface area contributed by atoms with Gasteiger partial charge < -0.3 is 5.32 Å². The molecule has 0 unspecified atom stereocenters. The lowest BCUT2D eigenvalue weighted by atomic mass is 9.84. The van der Waals surface area contributed by atoms with Crippen LogP contribution in [0.3, 0.4) is 0 Å². The number of hydrogen-bond acceptors (Lipinski definition) is 1. The SMILES string of the molecule is C[C@@H](NC(=O)c1ccc(CCl)cc1)C1CCCCC1. The molecule has 0 bridgehead atoms. The summed E-state index contributed by atoms with van der Waals surface area (Å²) in [6.45, 7) is 2.13. The van der Waals surface area contributed by atoms with Gasteiger partial charge in [0.05, 0.1) is 0 Å². The van der Waals surface area contributed by atoms with Crippen molar-refractivity contribution in [1.82, 2.24) is 5.32 Å². The van der Waals surface area contributed by atoms with Crippen molar-refractivity contribution in [2.24, 2.45) is 5.92 Å². The molecule has 0 aromatic heterocycles. The second-order valence-electron chi connectivity index (χ2n) is 5.49. The van der Waals surface area contributed by atoms with E-state index in [4.69, 9.17) is 11.6 Å². The molecule has 2 nitrogen and oxygen atoms in total. The normalized spacial score (nSPS) is 18.0. The number of benzene rings is 1. The van der Waals surface area contributed by atoms with Crippen LogP contribution in [-0.2, 0) is 5.88 Å². The van der Waals surface area contributed by atoms with Crippen LogP contribution in [-0.4, -0.2) is 11.9 Å². The van der Waals surface area contributed by atoms with Crippen LogP contribution in [0.2, 0.25) is 0 Å². The molecule has 1 N–H and O–H groups in total. The van der Waals surface area contributed by atoms with Gasteiger partial charge >= 0.3 is 0 Å². The van der Waals surface area contributed by atoms with E-state index in [1.54, 1.807) is 0 Å². The number of amides is 1. The van der Waals surface area contributed by atoms with Gasteiger partial charge in [0.15, 0.2) is 0 Å². The fourth-order valence-corrected chi connectivity index (χ4v) is 2.97. The van der Waals surface area contributed by atoms with Crippen LogP contribution in [0.1, 0.15) is 54.9 Å². The minimum atomic E-state index is 0.0270. The van der Waals surface area contributed by atoms with E-state index in [1.807, 2.05) is 24.3 Å². The van der Waals surface area contributed by atoms with Crippen molar-refractivity contribution in [1.29, 1.82) is 0 Å². The van der Waals surface area contributed by atoms with E-state index >= 15 is 0 Å². The van der Waals surface area contributed by atoms with Crippen molar-refractivity contribution < 1.29 is 4.79 Å². The van der Waals surface area contributed by atoms with Crippen molar-refractivity contribution in [3.8, 4) is 0 Å². The Morgan fingerprint density at radius 3 is 2.47 bits per heavy atom. The number of hydrogen-bond donors (Lipinski definition) is 1. The Morgan fingerprint density at radius 2 is 1.89 bits per heavy atom. The highest BCUT2D eigenvalue weighted by molar-refractivity contribution is 6.17. The molecule has 1 aliphatic carbocycles. The molecule has 1 aromatic rings. The Morgan fingerprint density at radius 1 is 1.26 bits per heavy atom. The van der Waals surface area contributed by atoms with E-state index < -0.39 is 0 Å². The molecule has 1 aromatic carbocycles. The predicted molar refractivity (Wildman–Crippen MR) is 79.5 cm³/mol. The Balaban J connectivity index is 1.91. The third kappa shape index (κ3) is 3.97. The van der Waals surface area contributed by atoms with E-state index in [2.05, 4.69) is 12.2 Å². The fourth-order valence-electron chi connectivity index (χ4n) is 2.79. The summed E-state index contributed by atoms with van der Waals surface area (Å²) >= 11 is 5.74. The zero-order valence-corrected chi connectivity index (χ0v) is 12.2. The molecule has 0 spiro atoms. The minimum Gasteiger partial charge on any atom is -0.349 e. The standard InChI is InChI=1S/C16H22ClNO/c1-12(14-5-3-2-4-6-14)18-16(19)15-9-7-13(11-17)8-10-15/h7-10,12,14H,2-6,11H2,1H3,(H,18,19)/t12-/m1/s1. The maximum absolute atomic E-state index is 12.2. The quantitative estimate of drug-likeness (QED) is 0.825. The Hall–Kier alpha value is -1.02. The van der Waals surface area contributed by atoms with Crippen LogP contribution in [0.25, 0.3) is 0 Å². The summed E-state index contributed by atoms with van der Waals surface area (Å²) in [5.74, 6) is 1.15. The highest BCUT2D eigenvalue weighted by Gasteiger charge is 2.21. The van der Waals surface area contributed by atoms with Crippen LogP contribution in [0, 0.1) is 5.92 Å². The summed E-state index contributed by atoms with van der Waals surface area (Å²) in [5.41, 5.74) is 1.76. The number of carbonyl (C=O) groups is 1. The fraction of sp³-hybridized carbons (Fsp3) is 0.562. The Labute approximate surface area is 120 Å². The molecule has 2 rings (SSSR count). The first-order chi connectivity index (χ1) is 9.20. The number of alkyl halides is 1. The van der Waals surface area contributed by atoms with Gasteiger partial charge in [-0.15, -0.1) is 11.6 Å². The topological polar surface area (TPSA) is 29.1 Å². The number of rotatable bonds is 4. The number of halogens is 1. The lowest BCUT2D eigenvalue weighted by Gasteiger charge is -2.28. The van der Waals surface area contributed by atoms with E-state index in [9.17, 15) is 4.79 Å². The molecular weight excluding hydrogens is 258 g/mol. The first-order valence-corrected chi connectivity index (χ1v) is 7.70. The van der Waals surface area contributed by atoms with Gasteiger partial charge in [0.25, 0.3) is 5.91 Å². The van der Waals surface area contributed by atoms with Crippen molar-refractivity contribution >= 4 is 17.5 Å². The van der Waals surface area contributed by atoms with Gasteiger partial charge in [-0.2, -0.15) is 0 Å². The molecule has 1 atom stereocenters. The molecular formula is C16H22ClNO. The molecule has 0 radical (unpaired) electrons. The lowest BCUT2D eigenvalue weighted by Crippen LogP contribution is -2.38. The van der Waals surface area contributed by atoms with Gasteiger partial charge in [0, 0.05) is 17.5 Å². The van der Waals surface area contributed by atoms with Crippen LogP contribution in [0.4, 0.5) is 0 Å². The summed E-state index contributed by atoms with van der Waals surface area (Å²) in [7, 11) is 0. The molecule has 0 heterocycles. The minimum absolute atomic E-state index is 0.0270. The van der Waals surface area contributed by atoms with Crippen LogP contribution < -0.4 is 5.32 Å². The van der Waals surface area contributed by atoms with E-state index in [1.165, 1.54) is 32.1 Å². The average molecular weight is 280 g/mol. The maximum Gasteiger partial charge on any atom is 0.251 e. The summed E-state index contributed by atoms with van der Waals surface area (Å²) in [6.07, 6.45) is 6.43. The second-order valence-corrected chi connectivity index (χ2v) is 5.76. The average Bonchev–Trinajstić information content (AvgIpc) is 2.48. The number of carbonyl (C=O) groups excluding carboxylic acids is 1. The summed E-state index contributed by atoms with van der Waals surface area (Å²) in [5, 5.41) is 3.13. The molecule has 104 valence electrons. The molecule has 1 fully saturated rings. The lowest BCUT2D eigenvalue weighted by molar-refractivity contribution is 0.0919.